The van der Waals surface area contributed by atoms with Crippen LogP contribution in [0.25, 0.3) is 0 Å². The van der Waals surface area contributed by atoms with Crippen molar-refractivity contribution in [3.05, 3.63) is 0 Å². The number of nitrogens with zero attached hydrogens (tertiary/aromatic N) is 1. The first-order valence-electron chi connectivity index (χ1n) is 3.76. The van der Waals surface area contributed by atoms with Gasteiger partial charge in [-0.15, -0.1) is 0 Å². The zero-order valence-corrected chi connectivity index (χ0v) is 14.6. The Morgan fingerprint density at radius 1 is 1.06 bits per heavy atom. The van der Waals surface area contributed by atoms with Crippen LogP contribution < -0.4 is 17.5 Å². The summed E-state index contributed by atoms with van der Waals surface area (Å²) in [5.74, 6) is 12.9. The average molecular weight is 364 g/mol. The maximum atomic E-state index is 9.44. The molecule has 0 aromatic heterocycles. The molecule has 0 heterocycles. The van der Waals surface area contributed by atoms with Crippen LogP contribution in [-0.2, 0) is 4.83 Å². The Balaban J connectivity index is -0.0000000207. The van der Waals surface area contributed by atoms with Crippen LogP contribution in [0, 0.1) is 0 Å². The number of hydrazone groups is 1. The summed E-state index contributed by atoms with van der Waals surface area (Å²) >= 11 is -0.222. The van der Waals surface area contributed by atoms with Crippen LogP contribution in [0.3, 0.4) is 0 Å². The quantitative estimate of drug-likeness (QED) is 0.198. The van der Waals surface area contributed by atoms with E-state index in [2.05, 4.69) is 16.8 Å². The molecule has 0 radical (unpaired) electrons. The number of hydrazine groups is 1. The summed E-state index contributed by atoms with van der Waals surface area (Å²) in [6, 6.07) is 0. The predicted octanol–water partition coefficient (Wildman–Crippen LogP) is -0.500. The Morgan fingerprint density at radius 2 is 1.12 bits per heavy atom. The van der Waals surface area contributed by atoms with E-state index in [4.69, 9.17) is 11.0 Å². The van der Waals surface area contributed by atoms with Crippen molar-refractivity contribution in [2.24, 2.45) is 22.6 Å². The molecule has 0 aromatic rings. The van der Waals surface area contributed by atoms with Crippen molar-refractivity contribution in [3.8, 4) is 0 Å². The van der Waals surface area contributed by atoms with Crippen molar-refractivity contribution < 1.29 is 9.94 Å². The minimum atomic E-state index is -0.222. The third-order valence-corrected chi connectivity index (χ3v) is 0.258. The van der Waals surface area contributed by atoms with Crippen LogP contribution >= 0.6 is 0 Å². The molecule has 0 saturated heterocycles. The van der Waals surface area contributed by atoms with E-state index >= 15 is 0 Å². The molecule has 0 aliphatic rings. The molecule has 0 atom stereocenters. The molecule has 7 N–H and O–H groups in total. The molecule has 98 valence electrons. The number of rotatable bonds is 0. The number of hydrogen-bond donors (Lipinski definition) is 4. The zero-order chi connectivity index (χ0) is 13.9. The Labute approximate surface area is 132 Å². The maximum absolute atomic E-state index is 9.44. The monoisotopic (exact) mass is 364 g/mol. The molecule has 7 nitrogen and oxygen atoms in total. The van der Waals surface area contributed by atoms with Crippen LogP contribution in [0.1, 0.15) is 35.1 Å². The van der Waals surface area contributed by atoms with Gasteiger partial charge in [0.15, 0.2) is 0 Å². The van der Waals surface area contributed by atoms with Gasteiger partial charge in [-0.25, -0.2) is 0 Å². The van der Waals surface area contributed by atoms with Crippen molar-refractivity contribution in [1.29, 1.82) is 0 Å². The van der Waals surface area contributed by atoms with E-state index in [1.807, 2.05) is 13.8 Å². The van der Waals surface area contributed by atoms with Crippen molar-refractivity contribution >= 4 is 58.2 Å². The number of aliphatic hydroxyl groups excluding tert-OH is 1. The Bertz CT molecular complexity index is 126. The summed E-state index contributed by atoms with van der Waals surface area (Å²) in [6.07, 6.45) is 0. The molecule has 8 heteroatoms. The SMILES string of the molecule is C.CC(C)=NN.CC(C)=O.CO.NN.[O]=[Ba]. The van der Waals surface area contributed by atoms with Crippen molar-refractivity contribution in [3.63, 3.8) is 0 Å². The molecular weight excluding hydrogens is 337 g/mol. The molecule has 16 heavy (non-hydrogen) atoms. The summed E-state index contributed by atoms with van der Waals surface area (Å²) in [6.45, 7) is 6.75. The van der Waals surface area contributed by atoms with Crippen molar-refractivity contribution in [2.75, 3.05) is 7.11 Å². The first-order valence-corrected chi connectivity index (χ1v) is 5.57. The summed E-state index contributed by atoms with van der Waals surface area (Å²) in [5.41, 5.74) is 0.907. The van der Waals surface area contributed by atoms with E-state index in [1.54, 1.807) is 0 Å². The fourth-order valence-corrected chi connectivity index (χ4v) is 0. The molecule has 0 aliphatic heterocycles. The van der Waals surface area contributed by atoms with Gasteiger partial charge in [0.25, 0.3) is 0 Å². The average Bonchev–Trinajstić information content (AvgIpc) is 2.26. The second kappa shape index (κ2) is 58.3. The Kier molecular flexibility index (Phi) is 131. The molecular formula is C8H26BaN4O3. The number of aliphatic hydroxyl groups is 1. The first kappa shape index (κ1) is 36.0. The summed E-state index contributed by atoms with van der Waals surface area (Å²) in [4.78, 5) is 9.44. The van der Waals surface area contributed by atoms with Gasteiger partial charge in [0, 0.05) is 12.8 Å². The number of hydrogen-bond acceptors (Lipinski definition) is 7. The van der Waals surface area contributed by atoms with E-state index in [-0.39, 0.29) is 59.9 Å². The van der Waals surface area contributed by atoms with Crippen LogP contribution in [0.2, 0.25) is 0 Å². The topological polar surface area (TPSA) is 145 Å². The van der Waals surface area contributed by atoms with E-state index in [0.717, 1.165) is 12.8 Å². The van der Waals surface area contributed by atoms with Gasteiger partial charge in [0.05, 0.1) is 0 Å². The van der Waals surface area contributed by atoms with Gasteiger partial charge in [0.2, 0.25) is 0 Å². The zero-order valence-electron chi connectivity index (χ0n) is 10.2. The number of ketones is 1. The van der Waals surface area contributed by atoms with E-state index < -0.39 is 0 Å². The second-order valence-corrected chi connectivity index (χ2v) is 1.98. The molecule has 0 aromatic carbocycles. The van der Waals surface area contributed by atoms with Gasteiger partial charge in [-0.1, -0.05) is 7.43 Å². The van der Waals surface area contributed by atoms with Gasteiger partial charge in [0.1, 0.15) is 5.78 Å². The molecule has 0 fully saturated rings. The van der Waals surface area contributed by atoms with E-state index in [0.29, 0.717) is 0 Å². The van der Waals surface area contributed by atoms with E-state index in [1.165, 1.54) is 13.8 Å². The van der Waals surface area contributed by atoms with Gasteiger partial charge >= 0.3 is 46.8 Å². The molecule has 0 unspecified atom stereocenters. The third-order valence-electron chi connectivity index (χ3n) is 0.258. The van der Waals surface area contributed by atoms with Gasteiger partial charge in [-0.2, -0.15) is 5.10 Å². The number of carbonyl (C=O) groups excluding carboxylic acids is 1. The molecule has 0 aliphatic carbocycles. The second-order valence-electron chi connectivity index (χ2n) is 1.98. The molecule has 0 saturated carbocycles. The van der Waals surface area contributed by atoms with Crippen LogP contribution in [0.15, 0.2) is 5.10 Å². The van der Waals surface area contributed by atoms with Gasteiger partial charge in [-0.3, -0.25) is 11.7 Å². The Morgan fingerprint density at radius 3 is 1.12 bits per heavy atom. The molecule has 0 bridgehead atoms. The number of nitrogens with two attached hydrogens (primary N) is 3. The molecule has 0 rings (SSSR count). The normalized spacial score (nSPS) is 4.88. The molecule has 0 amide bonds. The number of carbonyl (C=O) groups is 1. The number of Topliss-reactive ketones (excluding diaryl/α,β-unsaturated/α-hetero) is 1. The van der Waals surface area contributed by atoms with Crippen LogP contribution in [0.5, 0.6) is 0 Å². The minimum absolute atomic E-state index is 0. The third kappa shape index (κ3) is 451. The first-order chi connectivity index (χ1) is 7.00. The van der Waals surface area contributed by atoms with Crippen LogP contribution in [-0.4, -0.2) is 70.4 Å². The summed E-state index contributed by atoms with van der Waals surface area (Å²) in [5, 5.41) is 10.3. The fraction of sp³-hybridized carbons (Fsp3) is 0.750. The fourth-order valence-electron chi connectivity index (χ4n) is 0. The standard InChI is InChI=1S/C3H8N2.C3H6O.CH4O.CH4.Ba.H4N2.O/c1-3(2)5-4;1-3(2)4;1-2;;;1-2;/h4H2,1-2H3;1-2H3;2H,1H3;1H4;;1-2H2;. The Hall–Kier alpha value is 0.391. The summed E-state index contributed by atoms with van der Waals surface area (Å²) in [7, 11) is 1.00. The van der Waals surface area contributed by atoms with Gasteiger partial charge in [-0.05, 0) is 27.7 Å². The predicted molar refractivity (Wildman–Crippen MR) is 69.0 cm³/mol. The van der Waals surface area contributed by atoms with Crippen molar-refractivity contribution in [2.45, 2.75) is 35.1 Å². The molecule has 0 spiro atoms. The van der Waals surface area contributed by atoms with Crippen LogP contribution in [0.4, 0.5) is 0 Å². The summed E-state index contributed by atoms with van der Waals surface area (Å²) < 4.78 is 8.44. The van der Waals surface area contributed by atoms with Gasteiger partial charge < -0.3 is 15.7 Å². The van der Waals surface area contributed by atoms with Crippen molar-refractivity contribution in [1.82, 2.24) is 0 Å². The van der Waals surface area contributed by atoms with E-state index in [9.17, 15) is 4.79 Å².